The van der Waals surface area contributed by atoms with Crippen LogP contribution in [0.4, 0.5) is 5.69 Å². The lowest BCUT2D eigenvalue weighted by Crippen LogP contribution is -2.30. The number of sulfonamides is 1. The van der Waals surface area contributed by atoms with Gasteiger partial charge in [0.1, 0.15) is 5.75 Å². The first-order chi connectivity index (χ1) is 15.7. The minimum atomic E-state index is -3.56. The quantitative estimate of drug-likeness (QED) is 0.354. The van der Waals surface area contributed by atoms with E-state index in [0.29, 0.717) is 23.9 Å². The van der Waals surface area contributed by atoms with Gasteiger partial charge in [-0.1, -0.05) is 11.6 Å². The summed E-state index contributed by atoms with van der Waals surface area (Å²) in [6.07, 6.45) is 2.45. The smallest absolute Gasteiger partial charge is 0.257 e. The standard InChI is InChI=1S/C23H27ClN4O4S/c1-16(2)28-33(30,31)19-7-5-18(6-8-19)32-15-23(29)27-12-3-11-25-21-10-13-26-22-14-17(24)4-9-20(21)22/h4-10,13-14,16,28H,3,11-12,15H2,1-2H3,(H,25,26)(H,27,29). The molecule has 0 atom stereocenters. The molecule has 8 nitrogen and oxygen atoms in total. The van der Waals surface area contributed by atoms with Crippen LogP contribution in [-0.2, 0) is 14.8 Å². The van der Waals surface area contributed by atoms with E-state index in [1.54, 1.807) is 20.0 Å². The molecule has 3 aromatic rings. The number of ether oxygens (including phenoxy) is 1. The molecule has 0 aliphatic heterocycles. The highest BCUT2D eigenvalue weighted by molar-refractivity contribution is 7.89. The molecule has 33 heavy (non-hydrogen) atoms. The van der Waals surface area contributed by atoms with Crippen molar-refractivity contribution in [2.24, 2.45) is 0 Å². The van der Waals surface area contributed by atoms with E-state index in [-0.39, 0.29) is 23.5 Å². The maximum absolute atomic E-state index is 12.1. The molecule has 3 N–H and O–H groups in total. The Morgan fingerprint density at radius 3 is 2.58 bits per heavy atom. The fourth-order valence-electron chi connectivity index (χ4n) is 3.11. The Kier molecular flexibility index (Phi) is 8.49. The van der Waals surface area contributed by atoms with Crippen molar-refractivity contribution in [3.05, 3.63) is 59.8 Å². The molecular weight excluding hydrogens is 464 g/mol. The van der Waals surface area contributed by atoms with E-state index in [0.717, 1.165) is 23.0 Å². The predicted molar refractivity (Wildman–Crippen MR) is 130 cm³/mol. The Morgan fingerprint density at radius 2 is 1.85 bits per heavy atom. The maximum atomic E-state index is 12.1. The van der Waals surface area contributed by atoms with Crippen molar-refractivity contribution in [2.45, 2.75) is 31.2 Å². The molecule has 10 heteroatoms. The number of carbonyl (C=O) groups is 1. The van der Waals surface area contributed by atoms with Gasteiger partial charge in [0, 0.05) is 41.4 Å². The molecule has 3 rings (SSSR count). The molecule has 0 radical (unpaired) electrons. The zero-order chi connectivity index (χ0) is 23.8. The number of carbonyl (C=O) groups excluding carboxylic acids is 1. The summed E-state index contributed by atoms with van der Waals surface area (Å²) in [6.45, 7) is 4.51. The van der Waals surface area contributed by atoms with Gasteiger partial charge in [0.15, 0.2) is 6.61 Å². The lowest BCUT2D eigenvalue weighted by Gasteiger charge is -2.11. The fourth-order valence-corrected chi connectivity index (χ4v) is 4.53. The number of nitrogens with one attached hydrogen (secondary N) is 3. The molecule has 0 aliphatic carbocycles. The summed E-state index contributed by atoms with van der Waals surface area (Å²) in [5.74, 6) is 0.164. The molecule has 0 fully saturated rings. The number of fused-ring (bicyclic) bond motifs is 1. The second-order valence-electron chi connectivity index (χ2n) is 7.69. The molecule has 0 saturated carbocycles. The molecule has 0 unspecified atom stereocenters. The van der Waals surface area contributed by atoms with Gasteiger partial charge in [0.25, 0.3) is 5.91 Å². The summed E-state index contributed by atoms with van der Waals surface area (Å²) in [5.41, 5.74) is 1.78. The normalized spacial score (nSPS) is 11.5. The van der Waals surface area contributed by atoms with Crippen molar-refractivity contribution in [1.29, 1.82) is 0 Å². The molecule has 1 heterocycles. The highest BCUT2D eigenvalue weighted by atomic mass is 35.5. The van der Waals surface area contributed by atoms with Crippen molar-refractivity contribution in [1.82, 2.24) is 15.0 Å². The molecule has 0 saturated heterocycles. The first-order valence-corrected chi connectivity index (χ1v) is 12.4. The Hall–Kier alpha value is -2.88. The third-order valence-electron chi connectivity index (χ3n) is 4.59. The zero-order valence-electron chi connectivity index (χ0n) is 18.5. The largest absolute Gasteiger partial charge is 0.484 e. The summed E-state index contributed by atoms with van der Waals surface area (Å²) in [4.78, 5) is 16.5. The van der Waals surface area contributed by atoms with Crippen LogP contribution < -0.4 is 20.1 Å². The number of nitrogens with zero attached hydrogens (tertiary/aromatic N) is 1. The highest BCUT2D eigenvalue weighted by Gasteiger charge is 2.15. The molecule has 0 spiro atoms. The number of aromatic nitrogens is 1. The fraction of sp³-hybridized carbons (Fsp3) is 0.304. The number of pyridine rings is 1. The van der Waals surface area contributed by atoms with Crippen molar-refractivity contribution >= 4 is 44.1 Å². The Balaban J connectivity index is 1.38. The van der Waals surface area contributed by atoms with Crippen LogP contribution in [0.1, 0.15) is 20.3 Å². The van der Waals surface area contributed by atoms with E-state index < -0.39 is 10.0 Å². The summed E-state index contributed by atoms with van der Waals surface area (Å²) in [7, 11) is -3.56. The predicted octanol–water partition coefficient (Wildman–Crippen LogP) is 3.57. The average molecular weight is 491 g/mol. The number of rotatable bonds is 11. The molecule has 0 aliphatic rings. The SMILES string of the molecule is CC(C)NS(=O)(=O)c1ccc(OCC(=O)NCCCNc2ccnc3cc(Cl)ccc23)cc1. The van der Waals surface area contributed by atoms with E-state index in [9.17, 15) is 13.2 Å². The minimum absolute atomic E-state index is 0.144. The van der Waals surface area contributed by atoms with Crippen LogP contribution >= 0.6 is 11.6 Å². The number of benzene rings is 2. The van der Waals surface area contributed by atoms with Crippen LogP contribution in [0.15, 0.2) is 59.6 Å². The van der Waals surface area contributed by atoms with Crippen molar-refractivity contribution in [3.8, 4) is 5.75 Å². The van der Waals surface area contributed by atoms with Gasteiger partial charge in [-0.2, -0.15) is 0 Å². The maximum Gasteiger partial charge on any atom is 0.257 e. The lowest BCUT2D eigenvalue weighted by atomic mass is 10.2. The number of halogens is 1. The van der Waals surface area contributed by atoms with Crippen LogP contribution in [0.3, 0.4) is 0 Å². The number of anilines is 1. The van der Waals surface area contributed by atoms with Gasteiger partial charge in [-0.25, -0.2) is 13.1 Å². The van der Waals surface area contributed by atoms with Gasteiger partial charge in [-0.3, -0.25) is 9.78 Å². The third-order valence-corrected chi connectivity index (χ3v) is 6.50. The second kappa shape index (κ2) is 11.3. The van der Waals surface area contributed by atoms with Gasteiger partial charge in [-0.05, 0) is 68.8 Å². The summed E-state index contributed by atoms with van der Waals surface area (Å²) in [5, 5.41) is 7.77. The van der Waals surface area contributed by atoms with Crippen molar-refractivity contribution in [3.63, 3.8) is 0 Å². The van der Waals surface area contributed by atoms with E-state index in [4.69, 9.17) is 16.3 Å². The molecule has 2 aromatic carbocycles. The monoisotopic (exact) mass is 490 g/mol. The van der Waals surface area contributed by atoms with Crippen LogP contribution in [0, 0.1) is 0 Å². The van der Waals surface area contributed by atoms with Gasteiger partial charge in [-0.15, -0.1) is 0 Å². The van der Waals surface area contributed by atoms with Gasteiger partial charge in [0.2, 0.25) is 10.0 Å². The summed E-state index contributed by atoms with van der Waals surface area (Å²) < 4.78 is 32.2. The first kappa shape index (κ1) is 24.8. The third kappa shape index (κ3) is 7.31. The van der Waals surface area contributed by atoms with Crippen LogP contribution in [0.5, 0.6) is 5.75 Å². The second-order valence-corrected chi connectivity index (χ2v) is 9.84. The topological polar surface area (TPSA) is 109 Å². The number of hydrogen-bond donors (Lipinski definition) is 3. The molecule has 176 valence electrons. The molecular formula is C23H27ClN4O4S. The Bertz CT molecular complexity index is 1200. The highest BCUT2D eigenvalue weighted by Crippen LogP contribution is 2.24. The van der Waals surface area contributed by atoms with Crippen molar-refractivity contribution in [2.75, 3.05) is 25.0 Å². The molecule has 1 aromatic heterocycles. The van der Waals surface area contributed by atoms with E-state index >= 15 is 0 Å². The van der Waals surface area contributed by atoms with Crippen LogP contribution in [-0.4, -0.2) is 45.0 Å². The summed E-state index contributed by atoms with van der Waals surface area (Å²) in [6, 6.07) is 13.2. The van der Waals surface area contributed by atoms with Crippen LogP contribution in [0.2, 0.25) is 5.02 Å². The minimum Gasteiger partial charge on any atom is -0.484 e. The van der Waals surface area contributed by atoms with Gasteiger partial charge < -0.3 is 15.4 Å². The van der Waals surface area contributed by atoms with Crippen molar-refractivity contribution < 1.29 is 17.9 Å². The van der Waals surface area contributed by atoms with Crippen LogP contribution in [0.25, 0.3) is 10.9 Å². The van der Waals surface area contributed by atoms with E-state index in [2.05, 4.69) is 20.3 Å². The van der Waals surface area contributed by atoms with E-state index in [1.807, 2.05) is 24.3 Å². The zero-order valence-corrected chi connectivity index (χ0v) is 20.0. The molecule has 0 bridgehead atoms. The average Bonchev–Trinajstić information content (AvgIpc) is 2.76. The number of amides is 1. The lowest BCUT2D eigenvalue weighted by molar-refractivity contribution is -0.123. The number of hydrogen-bond acceptors (Lipinski definition) is 6. The summed E-state index contributed by atoms with van der Waals surface area (Å²) >= 11 is 6.01. The Morgan fingerprint density at radius 1 is 1.09 bits per heavy atom. The van der Waals surface area contributed by atoms with Gasteiger partial charge >= 0.3 is 0 Å². The molecule has 1 amide bonds. The Labute approximate surface area is 198 Å². The first-order valence-electron chi connectivity index (χ1n) is 10.5. The van der Waals surface area contributed by atoms with Gasteiger partial charge in [0.05, 0.1) is 10.4 Å². The van der Waals surface area contributed by atoms with E-state index in [1.165, 1.54) is 24.3 Å².